The monoisotopic (exact) mass is 534 g/mol. The van der Waals surface area contributed by atoms with Crippen LogP contribution in [0.1, 0.15) is 27.4 Å². The van der Waals surface area contributed by atoms with Crippen molar-refractivity contribution in [3.05, 3.63) is 101 Å². The van der Waals surface area contributed by atoms with Gasteiger partial charge in [0.2, 0.25) is 0 Å². The Bertz CT molecular complexity index is 1260. The van der Waals surface area contributed by atoms with Gasteiger partial charge in [-0.05, 0) is 56.4 Å². The van der Waals surface area contributed by atoms with E-state index in [0.717, 1.165) is 27.2 Å². The molecule has 2 amide bonds. The lowest BCUT2D eigenvalue weighted by atomic mass is 9.98. The zero-order valence-electron chi connectivity index (χ0n) is 18.7. The van der Waals surface area contributed by atoms with E-state index in [0.29, 0.717) is 10.2 Å². The van der Waals surface area contributed by atoms with Crippen LogP contribution in [0.15, 0.2) is 83.9 Å². The molecule has 2 N–H and O–H groups in total. The highest BCUT2D eigenvalue weighted by atomic mass is 79.9. The number of aliphatic carboxylic acids is 1. The molecule has 1 aliphatic carbocycles. The summed E-state index contributed by atoms with van der Waals surface area (Å²) < 4.78 is 6.13. The van der Waals surface area contributed by atoms with Gasteiger partial charge in [-0.15, -0.1) is 6.58 Å². The predicted octanol–water partition coefficient (Wildman–Crippen LogP) is 5.52. The van der Waals surface area contributed by atoms with Crippen LogP contribution in [0.3, 0.4) is 0 Å². The number of amides is 2. The Morgan fingerprint density at radius 2 is 1.66 bits per heavy atom. The number of carboxylic acid groups (broad SMARTS) is 1. The summed E-state index contributed by atoms with van der Waals surface area (Å²) in [6, 6.07) is 20.8. The summed E-state index contributed by atoms with van der Waals surface area (Å²) in [5, 5.41) is 11.8. The molecule has 0 atom stereocenters. The van der Waals surface area contributed by atoms with Gasteiger partial charge in [-0.1, -0.05) is 54.6 Å². The highest BCUT2D eigenvalue weighted by Gasteiger charge is 2.29. The van der Waals surface area contributed by atoms with Crippen molar-refractivity contribution < 1.29 is 24.2 Å². The van der Waals surface area contributed by atoms with E-state index in [2.05, 4.69) is 40.0 Å². The fourth-order valence-electron chi connectivity index (χ4n) is 4.22. The molecule has 1 aliphatic rings. The van der Waals surface area contributed by atoms with Crippen molar-refractivity contribution in [1.82, 2.24) is 4.90 Å². The second-order valence-corrected chi connectivity index (χ2v) is 8.87. The van der Waals surface area contributed by atoms with Crippen molar-refractivity contribution >= 4 is 39.6 Å². The highest BCUT2D eigenvalue weighted by molar-refractivity contribution is 9.10. The van der Waals surface area contributed by atoms with Crippen LogP contribution in [0, 0.1) is 0 Å². The largest absolute Gasteiger partial charge is 0.480 e. The van der Waals surface area contributed by atoms with Crippen molar-refractivity contribution in [2.75, 3.05) is 25.0 Å². The molecule has 7 nitrogen and oxygen atoms in total. The van der Waals surface area contributed by atoms with E-state index in [9.17, 15) is 14.4 Å². The summed E-state index contributed by atoms with van der Waals surface area (Å²) in [5.74, 6) is -1.70. The molecule has 0 radical (unpaired) electrons. The molecule has 0 saturated carbocycles. The standard InChI is InChI=1S/C27H23BrN2O5/c1-2-13-30(15-25(31)32)26(33)17-11-12-23(28)24(14-17)29-27(34)35-16-22-20-9-5-3-7-18(20)19-8-4-6-10-21(19)22/h2-12,14,22H,1,13,15-16H2,(H,29,34)(H,31,32). The number of hydrogen-bond acceptors (Lipinski definition) is 4. The molecule has 0 heterocycles. The molecule has 0 spiro atoms. The van der Waals surface area contributed by atoms with Crippen molar-refractivity contribution in [2.24, 2.45) is 0 Å². The first-order chi connectivity index (χ1) is 16.9. The Morgan fingerprint density at radius 3 is 2.26 bits per heavy atom. The number of nitrogens with one attached hydrogen (secondary N) is 1. The molecular weight excluding hydrogens is 512 g/mol. The number of anilines is 1. The third-order valence-corrected chi connectivity index (χ3v) is 6.45. The summed E-state index contributed by atoms with van der Waals surface area (Å²) >= 11 is 3.37. The van der Waals surface area contributed by atoms with E-state index in [1.54, 1.807) is 12.1 Å². The van der Waals surface area contributed by atoms with E-state index in [4.69, 9.17) is 9.84 Å². The van der Waals surface area contributed by atoms with Gasteiger partial charge in [0.05, 0.1) is 5.69 Å². The molecule has 0 unspecified atom stereocenters. The fraction of sp³-hybridized carbons (Fsp3) is 0.148. The smallest absolute Gasteiger partial charge is 0.411 e. The van der Waals surface area contributed by atoms with E-state index >= 15 is 0 Å². The van der Waals surface area contributed by atoms with Crippen LogP contribution < -0.4 is 5.32 Å². The molecule has 178 valence electrons. The number of ether oxygens (including phenoxy) is 1. The predicted molar refractivity (Wildman–Crippen MR) is 137 cm³/mol. The van der Waals surface area contributed by atoms with Crippen LogP contribution in [0.25, 0.3) is 11.1 Å². The molecule has 0 saturated heterocycles. The Balaban J connectivity index is 1.47. The van der Waals surface area contributed by atoms with Gasteiger partial charge >= 0.3 is 12.1 Å². The Labute approximate surface area is 211 Å². The Hall–Kier alpha value is -3.91. The summed E-state index contributed by atoms with van der Waals surface area (Å²) in [6.45, 7) is 3.34. The summed E-state index contributed by atoms with van der Waals surface area (Å²) in [7, 11) is 0. The molecule has 35 heavy (non-hydrogen) atoms. The van der Waals surface area contributed by atoms with Crippen LogP contribution in [0.4, 0.5) is 10.5 Å². The molecule has 0 fully saturated rings. The van der Waals surface area contributed by atoms with Crippen LogP contribution in [0.2, 0.25) is 0 Å². The Kier molecular flexibility index (Phi) is 7.31. The van der Waals surface area contributed by atoms with Gasteiger partial charge in [-0.3, -0.25) is 14.9 Å². The van der Waals surface area contributed by atoms with Gasteiger partial charge in [0.25, 0.3) is 5.91 Å². The lowest BCUT2D eigenvalue weighted by molar-refractivity contribution is -0.137. The number of rotatable bonds is 8. The van der Waals surface area contributed by atoms with E-state index in [1.165, 1.54) is 12.1 Å². The zero-order valence-corrected chi connectivity index (χ0v) is 20.3. The first kappa shape index (κ1) is 24.2. The quantitative estimate of drug-likeness (QED) is 0.371. The second-order valence-electron chi connectivity index (χ2n) is 8.01. The lowest BCUT2D eigenvalue weighted by Gasteiger charge is -2.19. The number of carboxylic acids is 1. The maximum atomic E-state index is 12.8. The van der Waals surface area contributed by atoms with E-state index < -0.39 is 24.5 Å². The minimum Gasteiger partial charge on any atom is -0.480 e. The number of benzene rings is 3. The molecule has 3 aromatic carbocycles. The number of carbonyl (C=O) groups excluding carboxylic acids is 2. The first-order valence-electron chi connectivity index (χ1n) is 10.9. The van der Waals surface area contributed by atoms with Crippen molar-refractivity contribution in [3.8, 4) is 11.1 Å². The second kappa shape index (κ2) is 10.6. The first-order valence-corrected chi connectivity index (χ1v) is 11.7. The molecule has 0 aliphatic heterocycles. The third kappa shape index (κ3) is 5.27. The van der Waals surface area contributed by atoms with Crippen molar-refractivity contribution in [3.63, 3.8) is 0 Å². The van der Waals surface area contributed by atoms with Gasteiger partial charge in [0.1, 0.15) is 13.2 Å². The van der Waals surface area contributed by atoms with Crippen LogP contribution in [-0.2, 0) is 9.53 Å². The third-order valence-electron chi connectivity index (χ3n) is 5.76. The molecular formula is C27H23BrN2O5. The van der Waals surface area contributed by atoms with Crippen LogP contribution >= 0.6 is 15.9 Å². The number of fused-ring (bicyclic) bond motifs is 3. The minimum atomic E-state index is -1.13. The molecule has 8 heteroatoms. The molecule has 4 rings (SSSR count). The fourth-order valence-corrected chi connectivity index (χ4v) is 4.57. The normalized spacial score (nSPS) is 11.8. The molecule has 0 bridgehead atoms. The van der Waals surface area contributed by atoms with Gasteiger partial charge in [-0.2, -0.15) is 0 Å². The van der Waals surface area contributed by atoms with E-state index in [1.807, 2.05) is 36.4 Å². The average molecular weight is 535 g/mol. The minimum absolute atomic E-state index is 0.0759. The van der Waals surface area contributed by atoms with Gasteiger partial charge in [0, 0.05) is 22.5 Å². The van der Waals surface area contributed by atoms with Gasteiger partial charge in [-0.25, -0.2) is 4.79 Å². The van der Waals surface area contributed by atoms with Crippen LogP contribution in [0.5, 0.6) is 0 Å². The average Bonchev–Trinajstić information content (AvgIpc) is 3.17. The van der Waals surface area contributed by atoms with Crippen molar-refractivity contribution in [1.29, 1.82) is 0 Å². The van der Waals surface area contributed by atoms with Gasteiger partial charge in [0.15, 0.2) is 0 Å². The maximum Gasteiger partial charge on any atom is 0.411 e. The molecule has 0 aromatic heterocycles. The zero-order chi connectivity index (χ0) is 24.9. The lowest BCUT2D eigenvalue weighted by Crippen LogP contribution is -2.35. The summed E-state index contributed by atoms with van der Waals surface area (Å²) in [4.78, 5) is 37.7. The summed E-state index contributed by atoms with van der Waals surface area (Å²) in [5.41, 5.74) is 5.05. The molecule has 3 aromatic rings. The maximum absolute atomic E-state index is 12.8. The van der Waals surface area contributed by atoms with Gasteiger partial charge < -0.3 is 14.7 Å². The SMILES string of the molecule is C=CCN(CC(=O)O)C(=O)c1ccc(Br)c(NC(=O)OCC2c3ccccc3-c3ccccc32)c1. The number of carbonyl (C=O) groups is 3. The highest BCUT2D eigenvalue weighted by Crippen LogP contribution is 2.44. The number of hydrogen-bond donors (Lipinski definition) is 2. The number of nitrogens with zero attached hydrogens (tertiary/aromatic N) is 1. The Morgan fingerprint density at radius 1 is 1.03 bits per heavy atom. The van der Waals surface area contributed by atoms with Crippen LogP contribution in [-0.4, -0.2) is 47.7 Å². The number of halogens is 1. The van der Waals surface area contributed by atoms with Crippen molar-refractivity contribution in [2.45, 2.75) is 5.92 Å². The topological polar surface area (TPSA) is 95.9 Å². The summed E-state index contributed by atoms with van der Waals surface area (Å²) in [6.07, 6.45) is 0.792. The van der Waals surface area contributed by atoms with E-state index in [-0.39, 0.29) is 24.6 Å².